The van der Waals surface area contributed by atoms with Gasteiger partial charge in [-0.1, -0.05) is 38.3 Å². The summed E-state index contributed by atoms with van der Waals surface area (Å²) in [6.45, 7) is 3.44. The fraction of sp³-hybridized carbons (Fsp3) is 0.667. The lowest BCUT2D eigenvalue weighted by atomic mass is 9.86. The van der Waals surface area contributed by atoms with Crippen molar-refractivity contribution in [2.45, 2.75) is 75.6 Å². The van der Waals surface area contributed by atoms with Crippen molar-refractivity contribution in [1.29, 1.82) is 0 Å². The Hall–Kier alpha value is -1.40. The summed E-state index contributed by atoms with van der Waals surface area (Å²) < 4.78 is 26.9. The molecular weight excluding hydrogens is 360 g/mol. The molecule has 1 aliphatic carbocycles. The maximum absolute atomic E-state index is 12.7. The van der Waals surface area contributed by atoms with E-state index in [1.807, 2.05) is 12.1 Å². The lowest BCUT2D eigenvalue weighted by Gasteiger charge is -2.29. The number of benzene rings is 1. The van der Waals surface area contributed by atoms with Gasteiger partial charge < -0.3 is 5.32 Å². The maximum atomic E-state index is 12.7. The van der Waals surface area contributed by atoms with E-state index in [-0.39, 0.29) is 5.91 Å². The Morgan fingerprint density at radius 2 is 1.70 bits per heavy atom. The predicted molar refractivity (Wildman–Crippen MR) is 107 cm³/mol. The van der Waals surface area contributed by atoms with Crippen molar-refractivity contribution >= 4 is 15.9 Å². The lowest BCUT2D eigenvalue weighted by molar-refractivity contribution is -0.122. The average Bonchev–Trinajstić information content (AvgIpc) is 2.69. The molecule has 1 aromatic rings. The fourth-order valence-corrected chi connectivity index (χ4v) is 5.67. The minimum Gasteiger partial charge on any atom is -0.353 e. The Balaban J connectivity index is 1.52. The van der Waals surface area contributed by atoms with Gasteiger partial charge in [0.25, 0.3) is 0 Å². The van der Waals surface area contributed by atoms with Gasteiger partial charge in [-0.25, -0.2) is 8.42 Å². The average molecular weight is 393 g/mol. The third kappa shape index (κ3) is 5.32. The van der Waals surface area contributed by atoms with Gasteiger partial charge in [0, 0.05) is 25.6 Å². The van der Waals surface area contributed by atoms with E-state index in [1.54, 1.807) is 16.4 Å². The van der Waals surface area contributed by atoms with E-state index in [4.69, 9.17) is 0 Å². The van der Waals surface area contributed by atoms with Crippen molar-refractivity contribution in [3.8, 4) is 0 Å². The van der Waals surface area contributed by atoms with Gasteiger partial charge in [0.2, 0.25) is 15.9 Å². The van der Waals surface area contributed by atoms with E-state index >= 15 is 0 Å². The molecule has 6 heteroatoms. The first-order chi connectivity index (χ1) is 13.0. The van der Waals surface area contributed by atoms with Crippen LogP contribution >= 0.6 is 0 Å². The highest BCUT2D eigenvalue weighted by molar-refractivity contribution is 7.89. The Kier molecular flexibility index (Phi) is 6.93. The zero-order valence-corrected chi connectivity index (χ0v) is 17.1. The molecule has 5 nitrogen and oxygen atoms in total. The van der Waals surface area contributed by atoms with Crippen LogP contribution in [0.15, 0.2) is 29.2 Å². The van der Waals surface area contributed by atoms with Crippen LogP contribution in [-0.2, 0) is 21.2 Å². The number of hydrogen-bond donors (Lipinski definition) is 1. The van der Waals surface area contributed by atoms with Gasteiger partial charge in [0.05, 0.1) is 4.90 Å². The van der Waals surface area contributed by atoms with Crippen LogP contribution in [0.2, 0.25) is 0 Å². The van der Waals surface area contributed by atoms with Gasteiger partial charge in [0.15, 0.2) is 0 Å². The van der Waals surface area contributed by atoms with Crippen LogP contribution in [0, 0.1) is 5.92 Å². The summed E-state index contributed by atoms with van der Waals surface area (Å²) in [6, 6.07) is 7.35. The molecule has 0 bridgehead atoms. The largest absolute Gasteiger partial charge is 0.353 e. The molecule has 1 aromatic carbocycles. The molecule has 0 radical (unpaired) electrons. The first-order valence-electron chi connectivity index (χ1n) is 10.4. The maximum Gasteiger partial charge on any atom is 0.243 e. The summed E-state index contributed by atoms with van der Waals surface area (Å²) in [5, 5.41) is 3.18. The molecule has 1 saturated heterocycles. The summed E-state index contributed by atoms with van der Waals surface area (Å²) >= 11 is 0. The summed E-state index contributed by atoms with van der Waals surface area (Å²) in [5.41, 5.74) is 0.999. The van der Waals surface area contributed by atoms with Crippen LogP contribution < -0.4 is 5.32 Å². The SMILES string of the molecule is C[C@@H]1CCCC[C@H]1NC(=O)CCc1ccc(S(=O)(=O)N2CCCCC2)cc1. The van der Waals surface area contributed by atoms with Crippen LogP contribution in [0.25, 0.3) is 0 Å². The van der Waals surface area contributed by atoms with Crippen LogP contribution in [-0.4, -0.2) is 37.8 Å². The molecule has 27 heavy (non-hydrogen) atoms. The van der Waals surface area contributed by atoms with E-state index in [0.29, 0.717) is 42.8 Å². The van der Waals surface area contributed by atoms with Gasteiger partial charge in [-0.2, -0.15) is 4.31 Å². The molecule has 3 rings (SSSR count). The summed E-state index contributed by atoms with van der Waals surface area (Å²) in [4.78, 5) is 12.6. The molecule has 0 unspecified atom stereocenters. The van der Waals surface area contributed by atoms with E-state index in [0.717, 1.165) is 31.2 Å². The molecule has 0 spiro atoms. The Labute approximate surface area is 163 Å². The second-order valence-electron chi connectivity index (χ2n) is 8.04. The monoisotopic (exact) mass is 392 g/mol. The van der Waals surface area contributed by atoms with Crippen molar-refractivity contribution in [2.75, 3.05) is 13.1 Å². The van der Waals surface area contributed by atoms with Crippen molar-refractivity contribution in [3.63, 3.8) is 0 Å². The Bertz CT molecular complexity index is 724. The molecule has 1 amide bonds. The van der Waals surface area contributed by atoms with E-state index in [1.165, 1.54) is 19.3 Å². The number of nitrogens with one attached hydrogen (secondary N) is 1. The minimum atomic E-state index is -3.38. The number of piperidine rings is 1. The Morgan fingerprint density at radius 1 is 1.04 bits per heavy atom. The minimum absolute atomic E-state index is 0.0961. The zero-order valence-electron chi connectivity index (χ0n) is 16.3. The number of nitrogens with zero attached hydrogens (tertiary/aromatic N) is 1. The number of hydrogen-bond acceptors (Lipinski definition) is 3. The van der Waals surface area contributed by atoms with Crippen molar-refractivity contribution in [3.05, 3.63) is 29.8 Å². The topological polar surface area (TPSA) is 66.5 Å². The van der Waals surface area contributed by atoms with Crippen LogP contribution in [0.1, 0.15) is 63.9 Å². The molecular formula is C21H32N2O3S. The van der Waals surface area contributed by atoms with Crippen LogP contribution in [0.4, 0.5) is 0 Å². The second kappa shape index (κ2) is 9.20. The highest BCUT2D eigenvalue weighted by atomic mass is 32.2. The third-order valence-electron chi connectivity index (χ3n) is 5.97. The van der Waals surface area contributed by atoms with E-state index < -0.39 is 10.0 Å². The molecule has 1 aliphatic heterocycles. The van der Waals surface area contributed by atoms with E-state index in [2.05, 4.69) is 12.2 Å². The van der Waals surface area contributed by atoms with E-state index in [9.17, 15) is 13.2 Å². The molecule has 0 aromatic heterocycles. The third-order valence-corrected chi connectivity index (χ3v) is 7.89. The Morgan fingerprint density at radius 3 is 2.37 bits per heavy atom. The number of carbonyl (C=O) groups excluding carboxylic acids is 1. The molecule has 1 N–H and O–H groups in total. The molecule has 150 valence electrons. The number of rotatable bonds is 6. The summed E-state index contributed by atoms with van der Waals surface area (Å²) in [5.74, 6) is 0.653. The predicted octanol–water partition coefficient (Wildman–Crippen LogP) is 3.49. The molecule has 2 aliphatic rings. The highest BCUT2D eigenvalue weighted by Gasteiger charge is 2.26. The first kappa shape index (κ1) is 20.3. The van der Waals surface area contributed by atoms with Crippen LogP contribution in [0.5, 0.6) is 0 Å². The van der Waals surface area contributed by atoms with Gasteiger partial charge in [-0.3, -0.25) is 4.79 Å². The molecule has 1 saturated carbocycles. The van der Waals surface area contributed by atoms with Crippen LogP contribution in [0.3, 0.4) is 0 Å². The smallest absolute Gasteiger partial charge is 0.243 e. The quantitative estimate of drug-likeness (QED) is 0.806. The summed E-state index contributed by atoms with van der Waals surface area (Å²) in [6.07, 6.45) is 8.79. The number of amides is 1. The highest BCUT2D eigenvalue weighted by Crippen LogP contribution is 2.24. The standard InChI is InChI=1S/C21H32N2O3S/c1-17-7-3-4-8-20(17)22-21(24)14-11-18-9-12-19(13-10-18)27(25,26)23-15-5-2-6-16-23/h9-10,12-13,17,20H,2-8,11,14-16H2,1H3,(H,22,24)/t17-,20-/m1/s1. The fourth-order valence-electron chi connectivity index (χ4n) is 4.15. The number of aryl methyl sites for hydroxylation is 1. The zero-order chi connectivity index (χ0) is 19.3. The molecule has 2 atom stereocenters. The van der Waals surface area contributed by atoms with Gasteiger partial charge in [-0.15, -0.1) is 0 Å². The van der Waals surface area contributed by atoms with Crippen molar-refractivity contribution in [2.24, 2.45) is 5.92 Å². The van der Waals surface area contributed by atoms with Gasteiger partial charge >= 0.3 is 0 Å². The van der Waals surface area contributed by atoms with Gasteiger partial charge in [-0.05, 0) is 55.7 Å². The van der Waals surface area contributed by atoms with Crippen molar-refractivity contribution in [1.82, 2.24) is 9.62 Å². The van der Waals surface area contributed by atoms with Gasteiger partial charge in [0.1, 0.15) is 0 Å². The second-order valence-corrected chi connectivity index (χ2v) is 9.98. The van der Waals surface area contributed by atoms with Crippen molar-refractivity contribution < 1.29 is 13.2 Å². The molecule has 1 heterocycles. The summed E-state index contributed by atoms with van der Waals surface area (Å²) in [7, 11) is -3.38. The number of carbonyl (C=O) groups is 1. The number of sulfonamides is 1. The normalized spacial score (nSPS) is 24.5. The first-order valence-corrected chi connectivity index (χ1v) is 11.8. The lowest BCUT2D eigenvalue weighted by Crippen LogP contribution is -2.41. The molecule has 2 fully saturated rings.